The molecule has 0 aliphatic carbocycles. The molecule has 0 atom stereocenters. The van der Waals surface area contributed by atoms with Gasteiger partial charge in [-0.05, 0) is 57.5 Å². The lowest BCUT2D eigenvalue weighted by atomic mass is 9.86. The second-order valence-electron chi connectivity index (χ2n) is 15.5. The van der Waals surface area contributed by atoms with E-state index in [0.29, 0.717) is 0 Å². The van der Waals surface area contributed by atoms with Gasteiger partial charge in [-0.15, -0.1) is 0 Å². The third-order valence-electron chi connectivity index (χ3n) is 8.11. The van der Waals surface area contributed by atoms with E-state index in [0.717, 1.165) is 15.7 Å². The summed E-state index contributed by atoms with van der Waals surface area (Å²) in [5, 5.41) is 0. The number of nitrogens with zero attached hydrogens (tertiary/aromatic N) is 1. The third-order valence-corrected chi connectivity index (χ3v) is 242. The van der Waals surface area contributed by atoms with Crippen LogP contribution >= 0.6 is 15.9 Å². The maximum Gasteiger partial charge on any atom is 0.0705 e. The van der Waals surface area contributed by atoms with E-state index in [9.17, 15) is 0 Å². The number of aromatic nitrogens is 1. The number of halogens is 1. The highest BCUT2D eigenvalue weighted by atomic mass is 79.9. The van der Waals surface area contributed by atoms with Crippen molar-refractivity contribution in [2.75, 3.05) is 0 Å². The highest BCUT2D eigenvalue weighted by Crippen LogP contribution is 2.39. The van der Waals surface area contributed by atoms with Crippen LogP contribution in [-0.4, -0.2) is 4.98 Å². The molecular formula is C27H24BrNS108. The topological polar surface area (TPSA) is 12.9 Å². The Morgan fingerprint density at radius 1 is 0.175 bits per heavy atom. The summed E-state index contributed by atoms with van der Waals surface area (Å²) in [6, 6.07) is 29.9. The first kappa shape index (κ1) is 152. The van der Waals surface area contributed by atoms with Crippen molar-refractivity contribution in [3.05, 3.63) is 101 Å². The maximum absolute atomic E-state index is 4.83. The molecular weight excluding hydrogens is 3880 g/mol. The van der Waals surface area contributed by atoms with E-state index in [4.69, 9.17) is 22.4 Å². The Hall–Kier alpha value is 21.0. The molecule has 0 aliphatic heterocycles. The lowest BCUT2D eigenvalue weighted by Gasteiger charge is -2.20. The normalized spacial score (nSPS) is 8.64. The van der Waals surface area contributed by atoms with Crippen LogP contribution in [0.25, 0.3) is 33.5 Å². The van der Waals surface area contributed by atoms with Gasteiger partial charge in [0, 0.05) is 980 Å². The second-order valence-corrected chi connectivity index (χ2v) is 204. The minimum absolute atomic E-state index is 0.0921. The SMILES string of the molecule is CC(C)(C)c1ccnc(-c2ccc(-c3ccccc3Br)c(-c3ccccc3)c2)c1.S=S=S=S=S=S=S=S=S=S=S=S=S=S=S=S=S=S=S=S=S=S=S=S=S=S=S=S=S=S=S=S=S=S=S=S=S=S=S=S=S=S=S=S=S=S=S=S=S=S=S=S=S=S=S=S=S=S=S=S=S=S=S=S=S=S=S=S=S=S=S=S=S=S=S=S=S=S=S=S=S=S=S=S=S=S=S=S=S=S=S=S=S=S=S=S=S=S=S=S=S=S=S=S=S=S=S=S. The van der Waals surface area contributed by atoms with Crippen LogP contribution in [0.4, 0.5) is 0 Å². The zero-order chi connectivity index (χ0) is 97.4. The van der Waals surface area contributed by atoms with Crippen LogP contribution in [0.2, 0.25) is 0 Å². The summed E-state index contributed by atoms with van der Waals surface area (Å²) in [5.41, 5.74) is 8.32. The summed E-state index contributed by atoms with van der Waals surface area (Å²) in [7, 11) is 192. The fraction of sp³-hybridized carbons (Fsp3) is 0.148. The van der Waals surface area contributed by atoms with Gasteiger partial charge in [-0.25, -0.2) is 0 Å². The van der Waals surface area contributed by atoms with Crippen LogP contribution < -0.4 is 0 Å². The predicted octanol–water partition coefficient (Wildman–Crippen LogP) is 7.88. The van der Waals surface area contributed by atoms with E-state index in [-0.39, 0.29) is 5.41 Å². The van der Waals surface area contributed by atoms with Crippen LogP contribution in [0.1, 0.15) is 26.3 Å². The zero-order valence-electron chi connectivity index (χ0n) is 61.1. The monoisotopic (exact) mass is 3890 g/mol. The van der Waals surface area contributed by atoms with Crippen molar-refractivity contribution in [3.63, 3.8) is 0 Å². The summed E-state index contributed by atoms with van der Waals surface area (Å²) >= 11 is 13.4. The first-order valence-electron chi connectivity index (χ1n) is 27.7. The standard InChI is InChI=1S/C27H24BrN.S108/c1-27(2,3)21-15-16-29-26(18-21)20-13-14-22(23-11-7-8-12-25(23)28)24(17-20)19-9-5-4-6-10-19;1-3-5-7-9-11-13-15-17-19-21-23-25-27-29-31-33-35-37-39-41-43-45-47-49-51-53-55-57-59-61-63-65-67-69-71-73-75-77-79-81-83-85-87-89-91-93-95-97-99-101-103-105-107-108-106-104-102-100-98-96-94-92-90-88-86-84-82-80-78-76-74-72-70-68-66-64-62-60-58-56-54-52-50-48-46-44-42-40-38-36-34-32-30-28-26-24-22-20-18-16-14-12-10-8-6-4-2/h4-18H,1-3H3;. The van der Waals surface area contributed by atoms with Crippen molar-refractivity contribution in [1.82, 2.24) is 4.98 Å². The maximum atomic E-state index is 4.83. The molecule has 0 amide bonds. The van der Waals surface area contributed by atoms with Gasteiger partial charge >= 0.3 is 0 Å². The summed E-state index contributed by atoms with van der Waals surface area (Å²) < 4.78 is 1.10. The molecule has 0 unspecified atom stereocenters. The molecule has 1 nitrogen and oxygen atoms in total. The molecule has 0 spiro atoms. The Labute approximate surface area is 1110 Å². The highest BCUT2D eigenvalue weighted by Gasteiger charge is 2.16. The quantitative estimate of drug-likeness (QED) is 0.208. The van der Waals surface area contributed by atoms with Gasteiger partial charge in [0.15, 0.2) is 0 Å². The molecule has 792 valence electrons. The summed E-state index contributed by atoms with van der Waals surface area (Å²) in [5.74, 6) is 0. The van der Waals surface area contributed by atoms with Gasteiger partial charge in [0.2, 0.25) is 0 Å². The molecule has 110 heteroatoms. The first-order valence-corrected chi connectivity index (χ1v) is 171. The first-order chi connectivity index (χ1) is 67.8. The lowest BCUT2D eigenvalue weighted by molar-refractivity contribution is 0.589. The Kier molecular flexibility index (Phi) is 142. The Balaban J connectivity index is 0.00000139. The van der Waals surface area contributed by atoms with E-state index in [2.05, 4.69) is 121 Å². The number of hydrogen-bond donors (Lipinski definition) is 0. The second kappa shape index (κ2) is 128. The fourth-order valence-corrected chi connectivity index (χ4v) is 291. The van der Waals surface area contributed by atoms with Gasteiger partial charge in [0.1, 0.15) is 0 Å². The van der Waals surface area contributed by atoms with Gasteiger partial charge in [-0.2, -0.15) is 0 Å². The Bertz CT molecular complexity index is 10200. The van der Waals surface area contributed by atoms with Gasteiger partial charge < -0.3 is 0 Å². The van der Waals surface area contributed by atoms with Crippen molar-refractivity contribution in [1.29, 1.82) is 0 Å². The summed E-state index contributed by atoms with van der Waals surface area (Å²) in [6.07, 6.45) is 1.92. The molecule has 1 heterocycles. The van der Waals surface area contributed by atoms with E-state index in [1.165, 1.54) is 45.6 Å². The number of pyridine rings is 1. The van der Waals surface area contributed by atoms with Crippen molar-refractivity contribution >= 4 is 980 Å². The Morgan fingerprint density at radius 3 is 0.526 bits per heavy atom. The predicted molar refractivity (Wildman–Crippen MR) is 922 cm³/mol. The van der Waals surface area contributed by atoms with Crippen LogP contribution in [-0.2, 0) is 969 Å². The smallest absolute Gasteiger partial charge is 0.0705 e. The molecule has 0 saturated heterocycles. The zero-order valence-corrected chi connectivity index (χ0v) is 151. The minimum Gasteiger partial charge on any atom is -0.256 e. The van der Waals surface area contributed by atoms with Gasteiger partial charge in [-0.3, -0.25) is 4.98 Å². The largest absolute Gasteiger partial charge is 0.256 e. The molecule has 0 saturated carbocycles. The van der Waals surface area contributed by atoms with Gasteiger partial charge in [0.05, 0.1) is 5.69 Å². The van der Waals surface area contributed by atoms with Crippen molar-refractivity contribution in [2.24, 2.45) is 0 Å². The van der Waals surface area contributed by atoms with E-state index in [1.807, 2.05) is 829 Å². The molecule has 0 radical (unpaired) electrons. The summed E-state index contributed by atoms with van der Waals surface area (Å²) in [6.45, 7) is 6.70. The van der Waals surface area contributed by atoms with Crippen molar-refractivity contribution in [2.45, 2.75) is 26.2 Å². The van der Waals surface area contributed by atoms with Crippen LogP contribution in [0, 0.1) is 0 Å². The van der Waals surface area contributed by atoms with Crippen molar-refractivity contribution in [3.8, 4) is 33.5 Å². The summed E-state index contributed by atoms with van der Waals surface area (Å²) in [4.78, 5) is 4.67. The average molecular weight is 3910 g/mol. The van der Waals surface area contributed by atoms with Crippen LogP contribution in [0.5, 0.6) is 0 Å². The van der Waals surface area contributed by atoms with Gasteiger partial charge in [-0.1, -0.05) is 97.4 Å². The molecule has 4 aromatic rings. The van der Waals surface area contributed by atoms with E-state index in [1.54, 1.807) is 107 Å². The van der Waals surface area contributed by atoms with Gasteiger partial charge in [0.25, 0.3) is 0 Å². The molecule has 0 aliphatic rings. The number of rotatable bonds is 3. The third kappa shape index (κ3) is 109. The minimum atomic E-state index is 0.0921. The molecule has 137 heavy (non-hydrogen) atoms. The molecule has 0 N–H and O–H groups in total. The highest BCUT2D eigenvalue weighted by molar-refractivity contribution is 9.10. The fourth-order valence-electron chi connectivity index (χ4n) is 4.71. The lowest BCUT2D eigenvalue weighted by Crippen LogP contribution is -2.11. The molecule has 1 aromatic heterocycles. The molecule has 3 aromatic carbocycles. The van der Waals surface area contributed by atoms with Crippen LogP contribution in [0.3, 0.4) is 0 Å². The number of benzene rings is 3. The number of hydrogen-bond acceptors (Lipinski definition) is 3. The molecule has 4 rings (SSSR count). The van der Waals surface area contributed by atoms with E-state index < -0.39 is 0 Å². The van der Waals surface area contributed by atoms with Crippen molar-refractivity contribution < 1.29 is 0 Å². The average Bonchev–Trinajstić information content (AvgIpc) is 0.784. The molecule has 0 fully saturated rings. The van der Waals surface area contributed by atoms with Crippen LogP contribution in [0.15, 0.2) is 95.6 Å². The van der Waals surface area contributed by atoms with E-state index >= 15 is 0 Å². The molecule has 0 bridgehead atoms. The Morgan fingerprint density at radius 2 is 0.350 bits per heavy atom.